The van der Waals surface area contributed by atoms with Crippen molar-refractivity contribution in [3.05, 3.63) is 0 Å². The summed E-state index contributed by atoms with van der Waals surface area (Å²) >= 11 is 0. The van der Waals surface area contributed by atoms with Gasteiger partial charge in [-0.1, -0.05) is 41.5 Å². The molecule has 3 rings (SSSR count). The van der Waals surface area contributed by atoms with Crippen molar-refractivity contribution in [3.8, 4) is 0 Å². The molecule has 2 atom stereocenters. The smallest absolute Gasteiger partial charge is 0.268 e. The van der Waals surface area contributed by atoms with Crippen LogP contribution in [0.3, 0.4) is 0 Å². The highest BCUT2D eigenvalue weighted by Gasteiger charge is 2.46. The molecular weight excluding hydrogens is 303 g/mol. The van der Waals surface area contributed by atoms with Gasteiger partial charge in [-0.25, -0.2) is 9.76 Å². The van der Waals surface area contributed by atoms with Gasteiger partial charge in [0, 0.05) is 51.1 Å². The number of hydrogen-bond donors (Lipinski definition) is 1. The Bertz CT molecular complexity index is 349. The average Bonchev–Trinajstić information content (AvgIpc) is 2.36. The molecule has 3 fully saturated rings. The quantitative estimate of drug-likeness (QED) is 0.747. The molecule has 5 heteroatoms. The monoisotopic (exact) mass is 343 g/mol. The van der Waals surface area contributed by atoms with Crippen molar-refractivity contribution in [1.82, 2.24) is 14.7 Å². The number of fused-ring (bicyclic) bond motifs is 6. The maximum absolute atomic E-state index is 4.03. The number of nitrogens with one attached hydrogen (secondary N) is 1. The van der Waals surface area contributed by atoms with Crippen LogP contribution in [0.5, 0.6) is 0 Å². The van der Waals surface area contributed by atoms with E-state index >= 15 is 0 Å². The lowest BCUT2D eigenvalue weighted by atomic mass is 10.1. The fourth-order valence-corrected chi connectivity index (χ4v) is 7.64. The summed E-state index contributed by atoms with van der Waals surface area (Å²) < 4.78 is 4.13. The molecule has 3 saturated heterocycles. The SMILES string of the molecule is CC(C)CN1CCN2CCNP1[N+](CC(C)C)(CC(C)C)CC2. The summed E-state index contributed by atoms with van der Waals surface area (Å²) in [5.41, 5.74) is 0. The topological polar surface area (TPSA) is 18.5 Å². The van der Waals surface area contributed by atoms with Crippen molar-refractivity contribution in [2.75, 3.05) is 58.9 Å². The summed E-state index contributed by atoms with van der Waals surface area (Å²) in [7, 11) is -0.292. The van der Waals surface area contributed by atoms with Gasteiger partial charge in [0.15, 0.2) is 0 Å². The summed E-state index contributed by atoms with van der Waals surface area (Å²) in [6.07, 6.45) is 0. The van der Waals surface area contributed by atoms with Gasteiger partial charge < -0.3 is 0 Å². The van der Waals surface area contributed by atoms with E-state index in [-0.39, 0.29) is 8.37 Å². The van der Waals surface area contributed by atoms with E-state index in [1.165, 1.54) is 56.6 Å². The van der Waals surface area contributed by atoms with Crippen LogP contribution in [-0.4, -0.2) is 72.7 Å². The molecule has 0 aliphatic carbocycles. The van der Waals surface area contributed by atoms with Crippen molar-refractivity contribution in [3.63, 3.8) is 0 Å². The Morgan fingerprint density at radius 1 is 0.870 bits per heavy atom. The van der Waals surface area contributed by atoms with Crippen LogP contribution in [0.2, 0.25) is 0 Å². The normalized spacial score (nSPS) is 29.1. The minimum atomic E-state index is -0.292. The molecule has 0 radical (unpaired) electrons. The van der Waals surface area contributed by atoms with Crippen LogP contribution in [0.1, 0.15) is 41.5 Å². The first-order valence-electron chi connectivity index (χ1n) is 9.70. The Kier molecular flexibility index (Phi) is 7.31. The van der Waals surface area contributed by atoms with Gasteiger partial charge in [0.05, 0.1) is 19.6 Å². The van der Waals surface area contributed by atoms with E-state index in [4.69, 9.17) is 0 Å². The van der Waals surface area contributed by atoms with Gasteiger partial charge in [0.25, 0.3) is 8.37 Å². The summed E-state index contributed by atoms with van der Waals surface area (Å²) in [6, 6.07) is 0. The van der Waals surface area contributed by atoms with Crippen molar-refractivity contribution in [2.24, 2.45) is 17.8 Å². The van der Waals surface area contributed by atoms with E-state index in [1.807, 2.05) is 0 Å². The van der Waals surface area contributed by atoms with Crippen LogP contribution in [0.25, 0.3) is 0 Å². The van der Waals surface area contributed by atoms with Gasteiger partial charge >= 0.3 is 0 Å². The molecule has 2 bridgehead atoms. The molecule has 3 aliphatic rings. The summed E-state index contributed by atoms with van der Waals surface area (Å²) in [4.78, 5) is 2.69. The molecule has 3 aliphatic heterocycles. The van der Waals surface area contributed by atoms with Crippen LogP contribution >= 0.6 is 8.37 Å². The highest BCUT2D eigenvalue weighted by molar-refractivity contribution is 7.46. The lowest BCUT2D eigenvalue weighted by Crippen LogP contribution is -2.61. The standard InChI is InChI=1S/C18H40N4P/c1-16(2)13-21-10-9-20-8-7-19-23(21)22(12-11-20,14-17(3)4)15-18(5)6/h16-19H,7-15H2,1-6H3/q+1. The van der Waals surface area contributed by atoms with Gasteiger partial charge in [-0.3, -0.25) is 9.15 Å². The fourth-order valence-electron chi connectivity index (χ4n) is 4.30. The second-order valence-electron chi connectivity index (χ2n) is 8.82. The molecule has 3 heterocycles. The zero-order chi connectivity index (χ0) is 17.0. The second kappa shape index (κ2) is 8.58. The van der Waals surface area contributed by atoms with Crippen LogP contribution in [0.4, 0.5) is 0 Å². The van der Waals surface area contributed by atoms with E-state index in [1.54, 1.807) is 0 Å². The minimum Gasteiger partial charge on any atom is -0.295 e. The predicted molar refractivity (Wildman–Crippen MR) is 102 cm³/mol. The van der Waals surface area contributed by atoms with Crippen molar-refractivity contribution in [1.29, 1.82) is 0 Å². The van der Waals surface area contributed by atoms with Gasteiger partial charge in [0.1, 0.15) is 0 Å². The van der Waals surface area contributed by atoms with Gasteiger partial charge in [0.2, 0.25) is 0 Å². The van der Waals surface area contributed by atoms with E-state index in [0.29, 0.717) is 0 Å². The van der Waals surface area contributed by atoms with E-state index in [2.05, 4.69) is 56.2 Å². The lowest BCUT2D eigenvalue weighted by molar-refractivity contribution is -0.819. The molecular formula is C18H40N4P+. The van der Waals surface area contributed by atoms with Crippen LogP contribution in [-0.2, 0) is 0 Å². The molecule has 1 N–H and O–H groups in total. The first-order chi connectivity index (χ1) is 10.8. The second-order valence-corrected chi connectivity index (χ2v) is 11.1. The van der Waals surface area contributed by atoms with Crippen LogP contribution in [0, 0.1) is 17.8 Å². The van der Waals surface area contributed by atoms with Gasteiger partial charge in [-0.05, 0) is 5.92 Å². The minimum absolute atomic E-state index is 0.292. The molecule has 0 aromatic rings. The third kappa shape index (κ3) is 5.37. The molecule has 4 nitrogen and oxygen atoms in total. The molecule has 136 valence electrons. The zero-order valence-electron chi connectivity index (χ0n) is 16.4. The van der Waals surface area contributed by atoms with E-state index in [0.717, 1.165) is 24.3 Å². The number of nitrogens with zero attached hydrogens (tertiary/aromatic N) is 3. The summed E-state index contributed by atoms with van der Waals surface area (Å²) in [5.74, 6) is 2.26. The molecule has 0 aromatic heterocycles. The fraction of sp³-hybridized carbons (Fsp3) is 1.00. The molecule has 0 saturated carbocycles. The maximum Gasteiger partial charge on any atom is 0.268 e. The Hall–Kier alpha value is 0.270. The predicted octanol–water partition coefficient (Wildman–Crippen LogP) is 3.22. The first-order valence-corrected chi connectivity index (χ1v) is 10.9. The number of quaternary nitrogens is 1. The molecule has 23 heavy (non-hydrogen) atoms. The van der Waals surface area contributed by atoms with Crippen LogP contribution < -0.4 is 5.09 Å². The number of rotatable bonds is 6. The highest BCUT2D eigenvalue weighted by atomic mass is 31.2. The Labute approximate surface area is 146 Å². The Morgan fingerprint density at radius 2 is 1.52 bits per heavy atom. The highest BCUT2D eigenvalue weighted by Crippen LogP contribution is 2.50. The van der Waals surface area contributed by atoms with Gasteiger partial charge in [-0.2, -0.15) is 0 Å². The Morgan fingerprint density at radius 3 is 2.09 bits per heavy atom. The largest absolute Gasteiger partial charge is 0.295 e. The van der Waals surface area contributed by atoms with E-state index < -0.39 is 0 Å². The third-order valence-electron chi connectivity index (χ3n) is 4.84. The molecule has 0 amide bonds. The van der Waals surface area contributed by atoms with Crippen molar-refractivity contribution >= 4 is 8.37 Å². The average molecular weight is 344 g/mol. The summed E-state index contributed by atoms with van der Waals surface area (Å²) in [5, 5.41) is 4.03. The third-order valence-corrected chi connectivity index (χ3v) is 7.58. The van der Waals surface area contributed by atoms with Crippen molar-refractivity contribution < 1.29 is 4.25 Å². The maximum atomic E-state index is 4.03. The Balaban J connectivity index is 2.34. The lowest BCUT2D eigenvalue weighted by Gasteiger charge is -2.53. The number of hydrogen-bond acceptors (Lipinski definition) is 3. The summed E-state index contributed by atoms with van der Waals surface area (Å²) in [6.45, 7) is 25.8. The molecule has 0 spiro atoms. The molecule has 0 aromatic carbocycles. The van der Waals surface area contributed by atoms with Crippen LogP contribution in [0.15, 0.2) is 0 Å². The first kappa shape index (κ1) is 19.6. The van der Waals surface area contributed by atoms with Crippen molar-refractivity contribution in [2.45, 2.75) is 41.5 Å². The molecule has 2 unspecified atom stereocenters. The van der Waals surface area contributed by atoms with Gasteiger partial charge in [-0.15, -0.1) is 0 Å². The zero-order valence-corrected chi connectivity index (χ0v) is 17.3. The van der Waals surface area contributed by atoms with E-state index in [9.17, 15) is 0 Å².